The quantitative estimate of drug-likeness (QED) is 0.818. The minimum absolute atomic E-state index is 0.199. The second-order valence-electron chi connectivity index (χ2n) is 4.66. The van der Waals surface area contributed by atoms with Crippen molar-refractivity contribution in [2.75, 3.05) is 11.9 Å². The summed E-state index contributed by atoms with van der Waals surface area (Å²) < 4.78 is 24.8. The normalized spacial score (nSPS) is 19.9. The number of hydrogen-bond acceptors (Lipinski definition) is 4. The molecule has 90 valence electrons. The van der Waals surface area contributed by atoms with Crippen LogP contribution in [0, 0.1) is 5.41 Å². The summed E-state index contributed by atoms with van der Waals surface area (Å²) in [6, 6.07) is 0.311. The van der Waals surface area contributed by atoms with Gasteiger partial charge in [0.2, 0.25) is 5.13 Å². The van der Waals surface area contributed by atoms with E-state index in [0.29, 0.717) is 16.6 Å². The standard InChI is InChI=1S/C10H15F2N3S/c1-6(10(2)4-5-10)15(3)9-14-13-8(16-9)7(11)12/h6-7H,4-5H2,1-3H3/t6-/m0/s1. The van der Waals surface area contributed by atoms with Crippen molar-refractivity contribution in [1.29, 1.82) is 0 Å². The van der Waals surface area contributed by atoms with Crippen LogP contribution in [0.1, 0.15) is 38.1 Å². The van der Waals surface area contributed by atoms with Crippen molar-refractivity contribution in [2.24, 2.45) is 5.41 Å². The molecule has 16 heavy (non-hydrogen) atoms. The fourth-order valence-corrected chi connectivity index (χ4v) is 2.45. The van der Waals surface area contributed by atoms with Crippen LogP contribution >= 0.6 is 11.3 Å². The number of rotatable bonds is 4. The van der Waals surface area contributed by atoms with Gasteiger partial charge in [-0.1, -0.05) is 18.3 Å². The van der Waals surface area contributed by atoms with E-state index in [1.165, 1.54) is 12.8 Å². The Morgan fingerprint density at radius 3 is 2.44 bits per heavy atom. The molecule has 0 bridgehead atoms. The van der Waals surface area contributed by atoms with Crippen LogP contribution in [-0.4, -0.2) is 23.3 Å². The molecular formula is C10H15F2N3S. The van der Waals surface area contributed by atoms with E-state index < -0.39 is 6.43 Å². The van der Waals surface area contributed by atoms with E-state index in [0.717, 1.165) is 11.3 Å². The molecule has 1 aliphatic rings. The minimum atomic E-state index is -2.52. The first-order valence-electron chi connectivity index (χ1n) is 5.28. The molecular weight excluding hydrogens is 232 g/mol. The third-order valence-electron chi connectivity index (χ3n) is 3.55. The fraction of sp³-hybridized carbons (Fsp3) is 0.800. The lowest BCUT2D eigenvalue weighted by Gasteiger charge is -2.29. The van der Waals surface area contributed by atoms with E-state index in [2.05, 4.69) is 24.0 Å². The first-order valence-corrected chi connectivity index (χ1v) is 6.10. The number of hydrogen-bond donors (Lipinski definition) is 0. The van der Waals surface area contributed by atoms with Crippen LogP contribution in [0.5, 0.6) is 0 Å². The Morgan fingerprint density at radius 2 is 2.00 bits per heavy atom. The second-order valence-corrected chi connectivity index (χ2v) is 5.65. The van der Waals surface area contributed by atoms with Crippen LogP contribution in [-0.2, 0) is 0 Å². The third-order valence-corrected chi connectivity index (χ3v) is 4.57. The Labute approximate surface area is 97.5 Å². The van der Waals surface area contributed by atoms with Crippen molar-refractivity contribution in [1.82, 2.24) is 10.2 Å². The third kappa shape index (κ3) is 2.03. The van der Waals surface area contributed by atoms with Gasteiger partial charge >= 0.3 is 0 Å². The van der Waals surface area contributed by atoms with E-state index in [-0.39, 0.29) is 5.01 Å². The van der Waals surface area contributed by atoms with E-state index >= 15 is 0 Å². The van der Waals surface area contributed by atoms with Gasteiger partial charge in [-0.2, -0.15) is 0 Å². The molecule has 3 nitrogen and oxygen atoms in total. The summed E-state index contributed by atoms with van der Waals surface area (Å²) in [4.78, 5) is 1.95. The highest BCUT2D eigenvalue weighted by molar-refractivity contribution is 7.15. The lowest BCUT2D eigenvalue weighted by molar-refractivity contribution is 0.150. The Balaban J connectivity index is 2.11. The Kier molecular flexibility index (Phi) is 2.86. The molecule has 1 aromatic rings. The summed E-state index contributed by atoms with van der Waals surface area (Å²) >= 11 is 0.975. The maximum atomic E-state index is 12.4. The highest BCUT2D eigenvalue weighted by Gasteiger charge is 2.44. The summed E-state index contributed by atoms with van der Waals surface area (Å²) in [6.07, 6.45) is -0.135. The van der Waals surface area contributed by atoms with E-state index in [9.17, 15) is 8.78 Å². The predicted octanol–water partition coefficient (Wildman–Crippen LogP) is 3.10. The van der Waals surface area contributed by atoms with Crippen molar-refractivity contribution in [2.45, 2.75) is 39.2 Å². The van der Waals surface area contributed by atoms with Crippen molar-refractivity contribution in [3.63, 3.8) is 0 Å². The molecule has 0 spiro atoms. The van der Waals surface area contributed by atoms with Crippen LogP contribution in [0.15, 0.2) is 0 Å². The van der Waals surface area contributed by atoms with Gasteiger partial charge in [0, 0.05) is 13.1 Å². The van der Waals surface area contributed by atoms with E-state index in [1.54, 1.807) is 0 Å². The monoisotopic (exact) mass is 247 g/mol. The molecule has 1 atom stereocenters. The first-order chi connectivity index (χ1) is 7.44. The lowest BCUT2D eigenvalue weighted by atomic mass is 10.0. The van der Waals surface area contributed by atoms with Crippen LogP contribution < -0.4 is 4.90 Å². The van der Waals surface area contributed by atoms with E-state index in [1.807, 2.05) is 11.9 Å². The summed E-state index contributed by atoms with van der Waals surface area (Å²) in [7, 11) is 1.89. The largest absolute Gasteiger partial charge is 0.346 e. The summed E-state index contributed by atoms with van der Waals surface area (Å²) in [5.41, 5.74) is 0.311. The molecule has 0 amide bonds. The molecule has 0 N–H and O–H groups in total. The SMILES string of the molecule is C[C@H](N(C)c1nnc(C(F)F)s1)C1(C)CC1. The maximum absolute atomic E-state index is 12.4. The lowest BCUT2D eigenvalue weighted by Crippen LogP contribution is -2.35. The summed E-state index contributed by atoms with van der Waals surface area (Å²) in [5, 5.41) is 7.69. The van der Waals surface area contributed by atoms with Crippen LogP contribution in [0.4, 0.5) is 13.9 Å². The minimum Gasteiger partial charge on any atom is -0.346 e. The Hall–Kier alpha value is -0.780. The van der Waals surface area contributed by atoms with Crippen molar-refractivity contribution in [3.05, 3.63) is 5.01 Å². The zero-order valence-corrected chi connectivity index (χ0v) is 10.4. The van der Waals surface area contributed by atoms with Gasteiger partial charge in [-0.25, -0.2) is 8.78 Å². The van der Waals surface area contributed by atoms with Gasteiger partial charge in [0.15, 0.2) is 5.01 Å². The molecule has 0 aliphatic heterocycles. The first kappa shape index (κ1) is 11.7. The highest BCUT2D eigenvalue weighted by Crippen LogP contribution is 2.50. The summed E-state index contributed by atoms with van der Waals surface area (Å²) in [5.74, 6) is 0. The van der Waals surface area contributed by atoms with Crippen molar-refractivity contribution in [3.8, 4) is 0 Å². The highest BCUT2D eigenvalue weighted by atomic mass is 32.1. The molecule has 1 saturated carbocycles. The molecule has 1 aliphatic carbocycles. The second kappa shape index (κ2) is 3.91. The number of anilines is 1. The van der Waals surface area contributed by atoms with Gasteiger partial charge in [-0.05, 0) is 25.2 Å². The van der Waals surface area contributed by atoms with Crippen molar-refractivity contribution < 1.29 is 8.78 Å². The van der Waals surface area contributed by atoms with E-state index in [4.69, 9.17) is 0 Å². The molecule has 0 unspecified atom stereocenters. The molecule has 1 fully saturated rings. The number of halogens is 2. The average molecular weight is 247 g/mol. The molecule has 1 heterocycles. The molecule has 0 radical (unpaired) electrons. The molecule has 6 heteroatoms. The average Bonchev–Trinajstić information content (AvgIpc) is 2.83. The maximum Gasteiger partial charge on any atom is 0.291 e. The Bertz CT molecular complexity index is 376. The van der Waals surface area contributed by atoms with Crippen LogP contribution in [0.3, 0.4) is 0 Å². The Morgan fingerprint density at radius 1 is 1.38 bits per heavy atom. The number of alkyl halides is 2. The topological polar surface area (TPSA) is 29.0 Å². The van der Waals surface area contributed by atoms with Gasteiger partial charge < -0.3 is 4.90 Å². The molecule has 2 rings (SSSR count). The smallest absolute Gasteiger partial charge is 0.291 e. The zero-order valence-electron chi connectivity index (χ0n) is 9.57. The van der Waals surface area contributed by atoms with Gasteiger partial charge in [-0.15, -0.1) is 10.2 Å². The predicted molar refractivity (Wildman–Crippen MR) is 60.1 cm³/mol. The van der Waals surface area contributed by atoms with Gasteiger partial charge in [-0.3, -0.25) is 0 Å². The summed E-state index contributed by atoms with van der Waals surface area (Å²) in [6.45, 7) is 4.32. The zero-order chi connectivity index (χ0) is 11.9. The van der Waals surface area contributed by atoms with Gasteiger partial charge in [0.1, 0.15) is 0 Å². The molecule has 0 saturated heterocycles. The van der Waals surface area contributed by atoms with Crippen molar-refractivity contribution >= 4 is 16.5 Å². The fourth-order valence-electron chi connectivity index (χ4n) is 1.71. The van der Waals surface area contributed by atoms with Crippen LogP contribution in [0.25, 0.3) is 0 Å². The molecule has 0 aromatic carbocycles. The van der Waals surface area contributed by atoms with Gasteiger partial charge in [0.05, 0.1) is 0 Å². The molecule has 1 aromatic heterocycles. The number of nitrogens with zero attached hydrogens (tertiary/aromatic N) is 3. The van der Waals surface area contributed by atoms with Gasteiger partial charge in [0.25, 0.3) is 6.43 Å². The van der Waals surface area contributed by atoms with Crippen LogP contribution in [0.2, 0.25) is 0 Å². The number of aromatic nitrogens is 2.